The Balaban J connectivity index is 2.68. The molecule has 1 aliphatic heterocycles. The van der Waals surface area contributed by atoms with Gasteiger partial charge in [-0.05, 0) is 11.3 Å². The predicted octanol–water partition coefficient (Wildman–Crippen LogP) is 0.292. The van der Waals surface area contributed by atoms with Gasteiger partial charge in [-0.1, -0.05) is 6.07 Å². The van der Waals surface area contributed by atoms with E-state index in [1.807, 2.05) is 0 Å². The third-order valence-electron chi connectivity index (χ3n) is 1.25. The Hall–Kier alpha value is -0.963. The molecule has 3 radical (unpaired) electrons. The van der Waals surface area contributed by atoms with Crippen LogP contribution in [0.4, 0.5) is 0 Å². The standard InChI is InChI=1S/C6H3O2Si/c7-3-1-2-4(9)6-5(3)8-6/h1-2,7H. The Morgan fingerprint density at radius 2 is 2.11 bits per heavy atom. The third kappa shape index (κ3) is 0.549. The highest BCUT2D eigenvalue weighted by Gasteiger charge is 2.26. The molecule has 0 bridgehead atoms. The molecule has 0 amide bonds. The number of phenolic OH excluding ortho intramolecular Hbond substituents is 1. The van der Waals surface area contributed by atoms with Crippen molar-refractivity contribution in [1.82, 2.24) is 0 Å². The van der Waals surface area contributed by atoms with Crippen molar-refractivity contribution in [2.24, 2.45) is 0 Å². The van der Waals surface area contributed by atoms with E-state index in [0.717, 1.165) is 10.9 Å². The summed E-state index contributed by atoms with van der Waals surface area (Å²) in [6.45, 7) is 0. The zero-order valence-corrected chi connectivity index (χ0v) is 5.51. The summed E-state index contributed by atoms with van der Waals surface area (Å²) in [6, 6.07) is 3.34. The second kappa shape index (κ2) is 1.30. The first kappa shape index (κ1) is 4.87. The van der Waals surface area contributed by atoms with E-state index in [1.54, 1.807) is 12.1 Å². The van der Waals surface area contributed by atoms with Crippen LogP contribution in [-0.4, -0.2) is 15.3 Å². The molecule has 0 aromatic heterocycles. The van der Waals surface area contributed by atoms with Crippen LogP contribution in [-0.2, 0) is 0 Å². The minimum absolute atomic E-state index is 0.215. The molecule has 0 unspecified atom stereocenters. The summed E-state index contributed by atoms with van der Waals surface area (Å²) in [7, 11) is 3.29. The topological polar surface area (TPSA) is 32.8 Å². The van der Waals surface area contributed by atoms with Crippen LogP contribution in [0.3, 0.4) is 0 Å². The average Bonchev–Trinajstić information content (AvgIpc) is 2.57. The molecule has 2 rings (SSSR count). The maximum atomic E-state index is 8.95. The molecule has 1 N–H and O–H groups in total. The van der Waals surface area contributed by atoms with Gasteiger partial charge < -0.3 is 9.84 Å². The van der Waals surface area contributed by atoms with E-state index in [-0.39, 0.29) is 5.75 Å². The molecule has 3 heteroatoms. The summed E-state index contributed by atoms with van der Waals surface area (Å²) in [4.78, 5) is 0. The molecule has 0 aliphatic carbocycles. The van der Waals surface area contributed by atoms with Crippen molar-refractivity contribution >= 4 is 15.4 Å². The molecule has 43 valence electrons. The number of benzene rings is 1. The largest absolute Gasteiger partial charge is 0.504 e. The number of rotatable bonds is 0. The number of aromatic hydroxyl groups is 1. The monoisotopic (exact) mass is 135 g/mol. The lowest BCUT2D eigenvalue weighted by molar-refractivity contribution is 0.464. The average molecular weight is 135 g/mol. The minimum Gasteiger partial charge on any atom is -0.504 e. The van der Waals surface area contributed by atoms with Gasteiger partial charge in [-0.15, -0.1) is 0 Å². The predicted molar refractivity (Wildman–Crippen MR) is 33.6 cm³/mol. The molecular weight excluding hydrogens is 132 g/mol. The second-order valence-electron chi connectivity index (χ2n) is 1.89. The summed E-state index contributed by atoms with van der Waals surface area (Å²) in [5, 5.41) is 9.84. The Kier molecular flexibility index (Phi) is 0.705. The zero-order valence-electron chi connectivity index (χ0n) is 4.51. The highest BCUT2D eigenvalue weighted by molar-refractivity contribution is 6.35. The molecule has 1 aliphatic rings. The fourth-order valence-corrected chi connectivity index (χ4v) is 0.984. The quantitative estimate of drug-likeness (QED) is 0.416. The van der Waals surface area contributed by atoms with Gasteiger partial charge >= 0.3 is 0 Å². The third-order valence-corrected chi connectivity index (χ3v) is 1.65. The van der Waals surface area contributed by atoms with E-state index in [2.05, 4.69) is 10.2 Å². The molecule has 2 nitrogen and oxygen atoms in total. The van der Waals surface area contributed by atoms with Crippen LogP contribution in [0.2, 0.25) is 0 Å². The molecule has 0 fully saturated rings. The van der Waals surface area contributed by atoms with E-state index >= 15 is 0 Å². The molecule has 1 aromatic carbocycles. The smallest absolute Gasteiger partial charge is 0.211 e. The van der Waals surface area contributed by atoms with Crippen LogP contribution < -0.4 is 9.92 Å². The van der Waals surface area contributed by atoms with Gasteiger partial charge in [0, 0.05) is 0 Å². The fraction of sp³-hybridized carbons (Fsp3) is 0. The maximum Gasteiger partial charge on any atom is 0.211 e. The summed E-state index contributed by atoms with van der Waals surface area (Å²) in [5.74, 6) is 1.57. The molecule has 0 saturated carbocycles. The number of ether oxygens (including phenoxy) is 1. The first-order valence-electron chi connectivity index (χ1n) is 2.54. The van der Waals surface area contributed by atoms with Gasteiger partial charge in [0.15, 0.2) is 11.5 Å². The molecule has 0 saturated heterocycles. The zero-order chi connectivity index (χ0) is 6.43. The summed E-state index contributed by atoms with van der Waals surface area (Å²) >= 11 is 0. The summed E-state index contributed by atoms with van der Waals surface area (Å²) in [5.41, 5.74) is 0. The molecule has 0 atom stereocenters. The Bertz CT molecular complexity index is 243. The minimum atomic E-state index is 0.215. The molecule has 0 spiro atoms. The van der Waals surface area contributed by atoms with Crippen LogP contribution in [0.25, 0.3) is 0 Å². The van der Waals surface area contributed by atoms with Crippen LogP contribution >= 0.6 is 0 Å². The van der Waals surface area contributed by atoms with Crippen LogP contribution in [0, 0.1) is 0 Å². The van der Waals surface area contributed by atoms with E-state index in [4.69, 9.17) is 9.84 Å². The normalized spacial score (nSPS) is 12.1. The summed E-state index contributed by atoms with van der Waals surface area (Å²) < 4.78 is 4.90. The van der Waals surface area contributed by atoms with Crippen molar-refractivity contribution in [1.29, 1.82) is 0 Å². The summed E-state index contributed by atoms with van der Waals surface area (Å²) in [6.07, 6.45) is 0. The Morgan fingerprint density at radius 1 is 1.33 bits per heavy atom. The number of phenols is 1. The first-order valence-corrected chi connectivity index (χ1v) is 3.04. The molecule has 1 heterocycles. The van der Waals surface area contributed by atoms with Gasteiger partial charge in [-0.2, -0.15) is 0 Å². The van der Waals surface area contributed by atoms with Crippen LogP contribution in [0.1, 0.15) is 0 Å². The van der Waals surface area contributed by atoms with Crippen molar-refractivity contribution in [2.45, 2.75) is 0 Å². The highest BCUT2D eigenvalue weighted by Crippen LogP contribution is 2.49. The van der Waals surface area contributed by atoms with Crippen molar-refractivity contribution in [3.8, 4) is 17.2 Å². The van der Waals surface area contributed by atoms with E-state index < -0.39 is 0 Å². The molecule has 1 aromatic rings. The second-order valence-corrected chi connectivity index (χ2v) is 2.43. The first-order chi connectivity index (χ1) is 4.29. The SMILES string of the molecule is Oc1ccc([Si])c2c1O2. The number of fused-ring (bicyclic) bond motifs is 1. The molecular formula is C6H3O2Si. The Labute approximate surface area is 55.5 Å². The number of hydrogen-bond donors (Lipinski definition) is 1. The molecule has 9 heavy (non-hydrogen) atoms. The lowest BCUT2D eigenvalue weighted by Crippen LogP contribution is -1.95. The lowest BCUT2D eigenvalue weighted by atomic mass is 10.3. The van der Waals surface area contributed by atoms with Crippen molar-refractivity contribution in [3.63, 3.8) is 0 Å². The Morgan fingerprint density at radius 3 is 2.78 bits per heavy atom. The van der Waals surface area contributed by atoms with Gasteiger partial charge in [0.25, 0.3) is 0 Å². The van der Waals surface area contributed by atoms with Gasteiger partial charge in [0.2, 0.25) is 5.75 Å². The van der Waals surface area contributed by atoms with E-state index in [1.165, 1.54) is 0 Å². The van der Waals surface area contributed by atoms with Gasteiger partial charge in [0.1, 0.15) is 0 Å². The fourth-order valence-electron chi connectivity index (χ4n) is 0.736. The lowest BCUT2D eigenvalue weighted by Gasteiger charge is -1.82. The van der Waals surface area contributed by atoms with Gasteiger partial charge in [0.05, 0.1) is 10.2 Å². The number of hydrogen-bond acceptors (Lipinski definition) is 2. The van der Waals surface area contributed by atoms with Crippen LogP contribution in [0.15, 0.2) is 12.1 Å². The van der Waals surface area contributed by atoms with Crippen molar-refractivity contribution in [2.75, 3.05) is 0 Å². The van der Waals surface area contributed by atoms with Crippen LogP contribution in [0.5, 0.6) is 17.2 Å². The van der Waals surface area contributed by atoms with Gasteiger partial charge in [-0.25, -0.2) is 0 Å². The van der Waals surface area contributed by atoms with E-state index in [9.17, 15) is 0 Å². The maximum absolute atomic E-state index is 8.95. The van der Waals surface area contributed by atoms with Crippen molar-refractivity contribution < 1.29 is 9.84 Å². The van der Waals surface area contributed by atoms with Gasteiger partial charge in [-0.3, -0.25) is 0 Å². The van der Waals surface area contributed by atoms with Crippen molar-refractivity contribution in [3.05, 3.63) is 12.1 Å². The van der Waals surface area contributed by atoms with E-state index in [0.29, 0.717) is 5.75 Å². The highest BCUT2D eigenvalue weighted by atomic mass is 28.1.